The zero-order chi connectivity index (χ0) is 15.8. The summed E-state index contributed by atoms with van der Waals surface area (Å²) in [5.74, 6) is -0.358. The van der Waals surface area contributed by atoms with E-state index in [2.05, 4.69) is 0 Å². The van der Waals surface area contributed by atoms with Crippen LogP contribution in [0.4, 0.5) is 4.39 Å². The number of nitrogens with zero attached hydrogens (tertiary/aromatic N) is 1. The number of amides is 1. The minimum absolute atomic E-state index is 0.0356. The van der Waals surface area contributed by atoms with Gasteiger partial charge in [0.2, 0.25) is 5.91 Å². The van der Waals surface area contributed by atoms with Crippen LogP contribution >= 0.6 is 0 Å². The van der Waals surface area contributed by atoms with Crippen LogP contribution in [-0.2, 0) is 22.5 Å². The summed E-state index contributed by atoms with van der Waals surface area (Å²) in [4.78, 5) is 14.2. The summed E-state index contributed by atoms with van der Waals surface area (Å²) < 4.78 is 18.3. The molecular formula is C18H20FNO2. The number of halogens is 1. The second kappa shape index (κ2) is 8.29. The number of carbonyl (C=O) groups excluding carboxylic acids is 1. The van der Waals surface area contributed by atoms with Crippen molar-refractivity contribution in [3.8, 4) is 0 Å². The zero-order valence-electron chi connectivity index (χ0n) is 12.7. The Kier molecular flexibility index (Phi) is 6.10. The SMILES string of the molecule is COCCN(Cc1ccccc1)C(=O)Cc1cccc(F)c1. The molecule has 116 valence electrons. The Morgan fingerprint density at radius 2 is 1.82 bits per heavy atom. The molecule has 22 heavy (non-hydrogen) atoms. The summed E-state index contributed by atoms with van der Waals surface area (Å²) in [5, 5.41) is 0. The Labute approximate surface area is 130 Å². The average Bonchev–Trinajstić information content (AvgIpc) is 2.52. The highest BCUT2D eigenvalue weighted by atomic mass is 19.1. The molecule has 0 aromatic heterocycles. The molecule has 0 saturated carbocycles. The quantitative estimate of drug-likeness (QED) is 0.786. The van der Waals surface area contributed by atoms with Crippen molar-refractivity contribution < 1.29 is 13.9 Å². The predicted molar refractivity (Wildman–Crippen MR) is 83.8 cm³/mol. The van der Waals surface area contributed by atoms with Crippen LogP contribution in [0, 0.1) is 5.82 Å². The molecule has 2 aromatic carbocycles. The van der Waals surface area contributed by atoms with Crippen LogP contribution in [0.5, 0.6) is 0 Å². The number of rotatable bonds is 7. The third-order valence-electron chi connectivity index (χ3n) is 3.38. The first-order chi connectivity index (χ1) is 10.7. The third kappa shape index (κ3) is 4.97. The molecule has 3 nitrogen and oxygen atoms in total. The van der Waals surface area contributed by atoms with E-state index in [4.69, 9.17) is 4.74 Å². The van der Waals surface area contributed by atoms with Gasteiger partial charge in [0.05, 0.1) is 13.0 Å². The van der Waals surface area contributed by atoms with Gasteiger partial charge in [0.1, 0.15) is 5.82 Å². The van der Waals surface area contributed by atoms with Crippen LogP contribution in [0.15, 0.2) is 54.6 Å². The van der Waals surface area contributed by atoms with Crippen LogP contribution in [0.1, 0.15) is 11.1 Å². The maximum Gasteiger partial charge on any atom is 0.227 e. The molecule has 0 unspecified atom stereocenters. The van der Waals surface area contributed by atoms with E-state index in [-0.39, 0.29) is 18.1 Å². The lowest BCUT2D eigenvalue weighted by atomic mass is 10.1. The van der Waals surface area contributed by atoms with Crippen LogP contribution in [0.25, 0.3) is 0 Å². The largest absolute Gasteiger partial charge is 0.383 e. The molecule has 0 radical (unpaired) electrons. The molecule has 2 rings (SSSR count). The highest BCUT2D eigenvalue weighted by molar-refractivity contribution is 5.78. The highest BCUT2D eigenvalue weighted by Crippen LogP contribution is 2.09. The lowest BCUT2D eigenvalue weighted by Gasteiger charge is -2.22. The van der Waals surface area contributed by atoms with Gasteiger partial charge in [0, 0.05) is 20.2 Å². The number of hydrogen-bond donors (Lipinski definition) is 0. The van der Waals surface area contributed by atoms with Gasteiger partial charge < -0.3 is 9.64 Å². The normalized spacial score (nSPS) is 10.5. The first-order valence-electron chi connectivity index (χ1n) is 7.24. The van der Waals surface area contributed by atoms with E-state index in [1.54, 1.807) is 24.1 Å². The molecule has 1 amide bonds. The van der Waals surface area contributed by atoms with Gasteiger partial charge in [-0.05, 0) is 23.3 Å². The summed E-state index contributed by atoms with van der Waals surface area (Å²) >= 11 is 0. The van der Waals surface area contributed by atoms with E-state index in [0.717, 1.165) is 5.56 Å². The van der Waals surface area contributed by atoms with E-state index < -0.39 is 0 Å². The van der Waals surface area contributed by atoms with E-state index in [1.807, 2.05) is 30.3 Å². The predicted octanol–water partition coefficient (Wildman–Crippen LogP) is 3.04. The molecule has 0 N–H and O–H groups in total. The van der Waals surface area contributed by atoms with E-state index in [1.165, 1.54) is 12.1 Å². The summed E-state index contributed by atoms with van der Waals surface area (Å²) in [5.41, 5.74) is 1.74. The van der Waals surface area contributed by atoms with Gasteiger partial charge in [-0.25, -0.2) is 4.39 Å². The van der Waals surface area contributed by atoms with Crippen molar-refractivity contribution >= 4 is 5.91 Å². The van der Waals surface area contributed by atoms with Crippen LogP contribution in [0.3, 0.4) is 0 Å². The van der Waals surface area contributed by atoms with E-state index in [9.17, 15) is 9.18 Å². The monoisotopic (exact) mass is 301 g/mol. The molecule has 0 aliphatic carbocycles. The van der Waals surface area contributed by atoms with Gasteiger partial charge >= 0.3 is 0 Å². The summed E-state index contributed by atoms with van der Waals surface area (Å²) in [6.45, 7) is 1.51. The number of benzene rings is 2. The summed E-state index contributed by atoms with van der Waals surface area (Å²) in [6.07, 6.45) is 0.189. The standard InChI is InChI=1S/C18H20FNO2/c1-22-11-10-20(14-15-6-3-2-4-7-15)18(21)13-16-8-5-9-17(19)12-16/h2-9,12H,10-11,13-14H2,1H3. The summed E-state index contributed by atoms with van der Waals surface area (Å²) in [6, 6.07) is 16.0. The van der Waals surface area contributed by atoms with Gasteiger partial charge in [-0.2, -0.15) is 0 Å². The number of hydrogen-bond acceptors (Lipinski definition) is 2. The lowest BCUT2D eigenvalue weighted by Crippen LogP contribution is -2.34. The fourth-order valence-electron chi connectivity index (χ4n) is 2.23. The molecular weight excluding hydrogens is 281 g/mol. The fraction of sp³-hybridized carbons (Fsp3) is 0.278. The molecule has 0 aliphatic rings. The van der Waals surface area contributed by atoms with Crippen molar-refractivity contribution in [2.24, 2.45) is 0 Å². The lowest BCUT2D eigenvalue weighted by molar-refractivity contribution is -0.131. The number of methoxy groups -OCH3 is 1. The Balaban J connectivity index is 2.05. The van der Waals surface area contributed by atoms with Crippen molar-refractivity contribution in [2.45, 2.75) is 13.0 Å². The molecule has 0 spiro atoms. The van der Waals surface area contributed by atoms with Crippen molar-refractivity contribution in [2.75, 3.05) is 20.3 Å². The van der Waals surface area contributed by atoms with Gasteiger partial charge in [-0.1, -0.05) is 42.5 Å². The smallest absolute Gasteiger partial charge is 0.227 e. The zero-order valence-corrected chi connectivity index (χ0v) is 12.7. The molecule has 0 bridgehead atoms. The van der Waals surface area contributed by atoms with Gasteiger partial charge in [0.25, 0.3) is 0 Å². The van der Waals surface area contributed by atoms with Crippen LogP contribution < -0.4 is 0 Å². The minimum atomic E-state index is -0.322. The van der Waals surface area contributed by atoms with Gasteiger partial charge in [-0.15, -0.1) is 0 Å². The molecule has 0 fully saturated rings. The Hall–Kier alpha value is -2.20. The molecule has 2 aromatic rings. The molecule has 0 atom stereocenters. The topological polar surface area (TPSA) is 29.5 Å². The van der Waals surface area contributed by atoms with Gasteiger partial charge in [-0.3, -0.25) is 4.79 Å². The first kappa shape index (κ1) is 16.2. The molecule has 4 heteroatoms. The van der Waals surface area contributed by atoms with Crippen molar-refractivity contribution in [3.63, 3.8) is 0 Å². The highest BCUT2D eigenvalue weighted by Gasteiger charge is 2.14. The van der Waals surface area contributed by atoms with Crippen LogP contribution in [-0.4, -0.2) is 31.1 Å². The maximum absolute atomic E-state index is 13.2. The number of carbonyl (C=O) groups is 1. The van der Waals surface area contributed by atoms with Crippen molar-refractivity contribution in [1.29, 1.82) is 0 Å². The number of ether oxygens (including phenoxy) is 1. The Morgan fingerprint density at radius 1 is 1.09 bits per heavy atom. The van der Waals surface area contributed by atoms with E-state index >= 15 is 0 Å². The van der Waals surface area contributed by atoms with Crippen molar-refractivity contribution in [1.82, 2.24) is 4.90 Å². The third-order valence-corrected chi connectivity index (χ3v) is 3.38. The van der Waals surface area contributed by atoms with Crippen LogP contribution in [0.2, 0.25) is 0 Å². The van der Waals surface area contributed by atoms with Gasteiger partial charge in [0.15, 0.2) is 0 Å². The summed E-state index contributed by atoms with van der Waals surface area (Å²) in [7, 11) is 1.61. The Bertz CT molecular complexity index is 601. The molecule has 0 heterocycles. The average molecular weight is 301 g/mol. The van der Waals surface area contributed by atoms with E-state index in [0.29, 0.717) is 25.3 Å². The minimum Gasteiger partial charge on any atom is -0.383 e. The van der Waals surface area contributed by atoms with Crippen molar-refractivity contribution in [3.05, 3.63) is 71.5 Å². The molecule has 0 saturated heterocycles. The fourth-order valence-corrected chi connectivity index (χ4v) is 2.23. The Morgan fingerprint density at radius 3 is 2.50 bits per heavy atom. The second-order valence-corrected chi connectivity index (χ2v) is 5.10. The first-order valence-corrected chi connectivity index (χ1v) is 7.24. The maximum atomic E-state index is 13.2. The second-order valence-electron chi connectivity index (χ2n) is 5.10. The molecule has 0 aliphatic heterocycles.